The third kappa shape index (κ3) is 3.85. The first kappa shape index (κ1) is 18.8. The van der Waals surface area contributed by atoms with Crippen LogP contribution in [0.25, 0.3) is 10.2 Å². The minimum absolute atomic E-state index is 0.0340. The topological polar surface area (TPSA) is 50.3 Å². The second kappa shape index (κ2) is 8.23. The van der Waals surface area contributed by atoms with Gasteiger partial charge in [-0.15, -0.1) is 11.3 Å². The standard InChI is InChI=1S/C23H24N2O2S/c1-2-16-9-11-17(12-10-16)20(26)13-14-22(27)25-15-5-7-19(25)23-24-18-6-3-4-8-21(18)28-23/h3-4,6,8-12,19H,2,5,7,13-15H2,1H3/t19-/m1/s1. The molecule has 2 aromatic carbocycles. The van der Waals surface area contributed by atoms with Gasteiger partial charge in [-0.3, -0.25) is 9.59 Å². The molecule has 0 saturated carbocycles. The van der Waals surface area contributed by atoms with Gasteiger partial charge in [0.25, 0.3) is 0 Å². The van der Waals surface area contributed by atoms with E-state index < -0.39 is 0 Å². The first-order valence-electron chi connectivity index (χ1n) is 9.93. The largest absolute Gasteiger partial charge is 0.333 e. The van der Waals surface area contributed by atoms with Crippen LogP contribution >= 0.6 is 11.3 Å². The van der Waals surface area contributed by atoms with Crippen molar-refractivity contribution in [1.29, 1.82) is 0 Å². The summed E-state index contributed by atoms with van der Waals surface area (Å²) in [5.74, 6) is 0.0898. The third-order valence-electron chi connectivity index (χ3n) is 5.42. The van der Waals surface area contributed by atoms with E-state index in [1.165, 1.54) is 5.56 Å². The number of carbonyl (C=O) groups is 2. The van der Waals surface area contributed by atoms with Crippen LogP contribution in [0.2, 0.25) is 0 Å². The lowest BCUT2D eigenvalue weighted by atomic mass is 10.0. The van der Waals surface area contributed by atoms with Gasteiger partial charge in [0.05, 0.1) is 16.3 Å². The second-order valence-electron chi connectivity index (χ2n) is 7.24. The summed E-state index contributed by atoms with van der Waals surface area (Å²) in [5.41, 5.74) is 2.89. The van der Waals surface area contributed by atoms with Crippen LogP contribution in [0.4, 0.5) is 0 Å². The van der Waals surface area contributed by atoms with Crippen molar-refractivity contribution >= 4 is 33.2 Å². The van der Waals surface area contributed by atoms with Crippen LogP contribution in [-0.2, 0) is 11.2 Å². The zero-order valence-electron chi connectivity index (χ0n) is 16.1. The number of aryl methyl sites for hydroxylation is 1. The SMILES string of the molecule is CCc1ccc(C(=O)CCC(=O)N2CCC[C@@H]2c2nc3ccccc3s2)cc1. The molecule has 144 valence electrons. The Morgan fingerprint density at radius 3 is 2.64 bits per heavy atom. The van der Waals surface area contributed by atoms with E-state index in [9.17, 15) is 9.59 Å². The Labute approximate surface area is 169 Å². The molecular formula is C23H24N2O2S. The Morgan fingerprint density at radius 2 is 1.89 bits per heavy atom. The molecule has 0 spiro atoms. The van der Waals surface area contributed by atoms with Gasteiger partial charge in [0, 0.05) is 24.9 Å². The molecule has 1 aliphatic rings. The number of rotatable bonds is 6. The quantitative estimate of drug-likeness (QED) is 0.543. The summed E-state index contributed by atoms with van der Waals surface area (Å²) in [6, 6.07) is 15.8. The molecule has 2 heterocycles. The van der Waals surface area contributed by atoms with Crippen LogP contribution in [0.5, 0.6) is 0 Å². The molecule has 4 nitrogen and oxygen atoms in total. The van der Waals surface area contributed by atoms with Crippen molar-refractivity contribution in [3.8, 4) is 0 Å². The first-order valence-corrected chi connectivity index (χ1v) is 10.7. The predicted molar refractivity (Wildman–Crippen MR) is 113 cm³/mol. The van der Waals surface area contributed by atoms with E-state index in [-0.39, 0.29) is 30.6 Å². The lowest BCUT2D eigenvalue weighted by molar-refractivity contribution is -0.132. The highest BCUT2D eigenvalue weighted by Gasteiger charge is 2.32. The smallest absolute Gasteiger partial charge is 0.223 e. The Balaban J connectivity index is 1.41. The molecule has 1 atom stereocenters. The van der Waals surface area contributed by atoms with Crippen LogP contribution in [0, 0.1) is 0 Å². The lowest BCUT2D eigenvalue weighted by Crippen LogP contribution is -2.30. The molecule has 0 aliphatic carbocycles. The number of hydrogen-bond donors (Lipinski definition) is 0. The van der Waals surface area contributed by atoms with Gasteiger partial charge in [-0.1, -0.05) is 43.3 Å². The third-order valence-corrected chi connectivity index (χ3v) is 6.56. The van der Waals surface area contributed by atoms with Crippen molar-refractivity contribution < 1.29 is 9.59 Å². The van der Waals surface area contributed by atoms with Crippen LogP contribution in [0.1, 0.15) is 59.6 Å². The fourth-order valence-corrected chi connectivity index (χ4v) is 4.90. The van der Waals surface area contributed by atoms with Crippen LogP contribution in [-0.4, -0.2) is 28.1 Å². The molecule has 1 aromatic heterocycles. The molecule has 1 fully saturated rings. The van der Waals surface area contributed by atoms with Crippen molar-refractivity contribution in [3.63, 3.8) is 0 Å². The fraction of sp³-hybridized carbons (Fsp3) is 0.348. The van der Waals surface area contributed by atoms with E-state index in [4.69, 9.17) is 4.98 Å². The van der Waals surface area contributed by atoms with Crippen LogP contribution in [0.3, 0.4) is 0 Å². The summed E-state index contributed by atoms with van der Waals surface area (Å²) in [6.45, 7) is 2.84. The number of para-hydroxylation sites is 1. The highest BCUT2D eigenvalue weighted by Crippen LogP contribution is 2.36. The van der Waals surface area contributed by atoms with Crippen LogP contribution in [0.15, 0.2) is 48.5 Å². The minimum atomic E-state index is 0.0340. The van der Waals surface area contributed by atoms with Gasteiger partial charge in [-0.2, -0.15) is 0 Å². The Hall–Kier alpha value is -2.53. The van der Waals surface area contributed by atoms with Gasteiger partial charge in [-0.25, -0.2) is 4.98 Å². The van der Waals surface area contributed by atoms with E-state index in [1.807, 2.05) is 47.4 Å². The molecule has 28 heavy (non-hydrogen) atoms. The molecule has 0 bridgehead atoms. The van der Waals surface area contributed by atoms with E-state index in [1.54, 1.807) is 11.3 Å². The number of benzene rings is 2. The molecule has 0 radical (unpaired) electrons. The lowest BCUT2D eigenvalue weighted by Gasteiger charge is -2.23. The second-order valence-corrected chi connectivity index (χ2v) is 8.30. The zero-order valence-corrected chi connectivity index (χ0v) is 16.9. The van der Waals surface area contributed by atoms with Gasteiger partial charge >= 0.3 is 0 Å². The number of fused-ring (bicyclic) bond motifs is 1. The highest BCUT2D eigenvalue weighted by atomic mass is 32.1. The monoisotopic (exact) mass is 392 g/mol. The van der Waals surface area contributed by atoms with Crippen molar-refractivity contribution in [2.45, 2.75) is 45.1 Å². The Morgan fingerprint density at radius 1 is 1.11 bits per heavy atom. The normalized spacial score (nSPS) is 16.6. The number of Topliss-reactive ketones (excluding diaryl/α,β-unsaturated/α-hetero) is 1. The van der Waals surface area contributed by atoms with Gasteiger partial charge in [-0.05, 0) is 37.0 Å². The number of carbonyl (C=O) groups excluding carboxylic acids is 2. The van der Waals surface area contributed by atoms with Crippen molar-refractivity contribution in [2.75, 3.05) is 6.54 Å². The van der Waals surface area contributed by atoms with E-state index in [0.717, 1.165) is 41.0 Å². The molecule has 0 unspecified atom stereocenters. The van der Waals surface area contributed by atoms with E-state index >= 15 is 0 Å². The summed E-state index contributed by atoms with van der Waals surface area (Å²) < 4.78 is 1.16. The number of ketones is 1. The molecule has 1 saturated heterocycles. The molecular weight excluding hydrogens is 368 g/mol. The number of hydrogen-bond acceptors (Lipinski definition) is 4. The molecule has 1 aliphatic heterocycles. The van der Waals surface area contributed by atoms with E-state index in [0.29, 0.717) is 5.56 Å². The fourth-order valence-electron chi connectivity index (χ4n) is 3.79. The Kier molecular flexibility index (Phi) is 5.53. The first-order chi connectivity index (χ1) is 13.7. The molecule has 3 aromatic rings. The molecule has 1 amide bonds. The number of amides is 1. The predicted octanol–water partition coefficient (Wildman–Crippen LogP) is 5.19. The number of thiazole rings is 1. The van der Waals surface area contributed by atoms with Crippen molar-refractivity contribution in [1.82, 2.24) is 9.88 Å². The minimum Gasteiger partial charge on any atom is -0.333 e. The average Bonchev–Trinajstić information content (AvgIpc) is 3.38. The molecule has 5 heteroatoms. The Bertz CT molecular complexity index is 960. The maximum atomic E-state index is 12.8. The summed E-state index contributed by atoms with van der Waals surface area (Å²) in [6.07, 6.45) is 3.40. The maximum Gasteiger partial charge on any atom is 0.223 e. The highest BCUT2D eigenvalue weighted by molar-refractivity contribution is 7.18. The average molecular weight is 393 g/mol. The van der Waals surface area contributed by atoms with Crippen LogP contribution < -0.4 is 0 Å². The van der Waals surface area contributed by atoms with E-state index in [2.05, 4.69) is 13.0 Å². The van der Waals surface area contributed by atoms with Gasteiger partial charge < -0.3 is 4.90 Å². The van der Waals surface area contributed by atoms with Crippen molar-refractivity contribution in [3.05, 3.63) is 64.7 Å². The number of nitrogens with zero attached hydrogens (tertiary/aromatic N) is 2. The zero-order chi connectivity index (χ0) is 19.5. The molecule has 0 N–H and O–H groups in total. The van der Waals surface area contributed by atoms with Crippen molar-refractivity contribution in [2.24, 2.45) is 0 Å². The van der Waals surface area contributed by atoms with Gasteiger partial charge in [0.1, 0.15) is 5.01 Å². The number of aromatic nitrogens is 1. The van der Waals surface area contributed by atoms with Gasteiger partial charge in [0.15, 0.2) is 5.78 Å². The summed E-state index contributed by atoms with van der Waals surface area (Å²) in [4.78, 5) is 31.9. The summed E-state index contributed by atoms with van der Waals surface area (Å²) in [5, 5.41) is 1.01. The van der Waals surface area contributed by atoms with Gasteiger partial charge in [0.2, 0.25) is 5.91 Å². The number of likely N-dealkylation sites (tertiary alicyclic amines) is 1. The maximum absolute atomic E-state index is 12.8. The summed E-state index contributed by atoms with van der Waals surface area (Å²) in [7, 11) is 0. The molecule has 4 rings (SSSR count). The summed E-state index contributed by atoms with van der Waals surface area (Å²) >= 11 is 1.67.